The summed E-state index contributed by atoms with van der Waals surface area (Å²) < 4.78 is 0. The number of nitrogens with two attached hydrogens (primary N) is 1. The average Bonchev–Trinajstić information content (AvgIpc) is 2.74. The van der Waals surface area contributed by atoms with Gasteiger partial charge in [-0.15, -0.1) is 11.3 Å². The van der Waals surface area contributed by atoms with Crippen molar-refractivity contribution >= 4 is 11.3 Å². The van der Waals surface area contributed by atoms with Gasteiger partial charge in [0.2, 0.25) is 0 Å². The highest BCUT2D eigenvalue weighted by Gasteiger charge is 2.13. The van der Waals surface area contributed by atoms with Crippen LogP contribution in [0.2, 0.25) is 0 Å². The van der Waals surface area contributed by atoms with Crippen molar-refractivity contribution in [1.29, 1.82) is 0 Å². The molecule has 0 radical (unpaired) electrons. The van der Waals surface area contributed by atoms with Crippen LogP contribution in [0, 0.1) is 0 Å². The van der Waals surface area contributed by atoms with Crippen molar-refractivity contribution in [2.45, 2.75) is 38.1 Å². The van der Waals surface area contributed by atoms with Gasteiger partial charge in [0.1, 0.15) is 0 Å². The fraction of sp³-hybridized carbons (Fsp3) is 0.692. The standard InChI is InChI=1S/C13H22N2S/c14-12(13-7-6-10-16-13)11-15-8-4-2-1-3-5-9-15/h6-7,10,12H,1-5,8-9,11,14H2. The Morgan fingerprint density at radius 1 is 1.19 bits per heavy atom. The third kappa shape index (κ3) is 3.58. The van der Waals surface area contributed by atoms with Crippen LogP contribution in [0.3, 0.4) is 0 Å². The molecule has 3 heteroatoms. The fourth-order valence-electron chi connectivity index (χ4n) is 2.37. The molecule has 2 nitrogen and oxygen atoms in total. The molecular weight excluding hydrogens is 216 g/mol. The molecule has 90 valence electrons. The summed E-state index contributed by atoms with van der Waals surface area (Å²) >= 11 is 1.78. The van der Waals surface area contributed by atoms with Crippen LogP contribution in [0.1, 0.15) is 43.0 Å². The van der Waals surface area contributed by atoms with Crippen LogP contribution in [-0.4, -0.2) is 24.5 Å². The molecule has 2 heterocycles. The minimum Gasteiger partial charge on any atom is -0.322 e. The Kier molecular flexibility index (Phi) is 4.82. The van der Waals surface area contributed by atoms with Gasteiger partial charge in [0.25, 0.3) is 0 Å². The molecule has 0 spiro atoms. The monoisotopic (exact) mass is 238 g/mol. The maximum Gasteiger partial charge on any atom is 0.0519 e. The van der Waals surface area contributed by atoms with Crippen LogP contribution < -0.4 is 5.73 Å². The van der Waals surface area contributed by atoms with Gasteiger partial charge in [0.15, 0.2) is 0 Å². The molecule has 0 amide bonds. The number of thiophene rings is 1. The zero-order valence-electron chi connectivity index (χ0n) is 9.90. The molecule has 1 unspecified atom stereocenters. The van der Waals surface area contributed by atoms with Gasteiger partial charge in [-0.05, 0) is 37.4 Å². The topological polar surface area (TPSA) is 29.3 Å². The van der Waals surface area contributed by atoms with Crippen molar-refractivity contribution < 1.29 is 0 Å². The van der Waals surface area contributed by atoms with Gasteiger partial charge in [-0.1, -0.05) is 25.3 Å². The molecule has 1 atom stereocenters. The lowest BCUT2D eigenvalue weighted by atomic mass is 10.1. The first-order chi connectivity index (χ1) is 7.86. The lowest BCUT2D eigenvalue weighted by molar-refractivity contribution is 0.235. The van der Waals surface area contributed by atoms with E-state index in [0.29, 0.717) is 0 Å². The van der Waals surface area contributed by atoms with E-state index in [2.05, 4.69) is 22.4 Å². The van der Waals surface area contributed by atoms with Crippen molar-refractivity contribution in [1.82, 2.24) is 4.90 Å². The second kappa shape index (κ2) is 6.38. The largest absolute Gasteiger partial charge is 0.322 e. The predicted octanol–water partition coefficient (Wildman–Crippen LogP) is 3.01. The zero-order valence-corrected chi connectivity index (χ0v) is 10.7. The summed E-state index contributed by atoms with van der Waals surface area (Å²) in [6.07, 6.45) is 6.90. The molecule has 1 aromatic heterocycles. The molecule has 0 aromatic carbocycles. The highest BCUT2D eigenvalue weighted by atomic mass is 32.1. The van der Waals surface area contributed by atoms with Gasteiger partial charge < -0.3 is 10.6 Å². The summed E-state index contributed by atoms with van der Waals surface area (Å²) in [4.78, 5) is 3.87. The molecule has 2 N–H and O–H groups in total. The van der Waals surface area contributed by atoms with E-state index in [4.69, 9.17) is 5.73 Å². The first-order valence-corrected chi connectivity index (χ1v) is 7.25. The first-order valence-electron chi connectivity index (χ1n) is 6.37. The van der Waals surface area contributed by atoms with Crippen molar-refractivity contribution in [2.24, 2.45) is 5.73 Å². The Bertz CT molecular complexity index is 276. The van der Waals surface area contributed by atoms with E-state index in [0.717, 1.165) is 6.54 Å². The molecule has 1 aliphatic heterocycles. The number of likely N-dealkylation sites (tertiary alicyclic amines) is 1. The highest BCUT2D eigenvalue weighted by Crippen LogP contribution is 2.19. The SMILES string of the molecule is NC(CN1CCCCCCC1)c1cccs1. The zero-order chi connectivity index (χ0) is 11.2. The van der Waals surface area contributed by atoms with E-state index >= 15 is 0 Å². The van der Waals surface area contributed by atoms with Gasteiger partial charge in [-0.3, -0.25) is 0 Å². The van der Waals surface area contributed by atoms with Gasteiger partial charge in [0, 0.05) is 11.4 Å². The second-order valence-electron chi connectivity index (χ2n) is 4.69. The molecule has 1 aromatic rings. The maximum absolute atomic E-state index is 6.23. The van der Waals surface area contributed by atoms with Crippen LogP contribution >= 0.6 is 11.3 Å². The van der Waals surface area contributed by atoms with Crippen LogP contribution in [0.25, 0.3) is 0 Å². The molecule has 1 aliphatic rings. The third-order valence-electron chi connectivity index (χ3n) is 3.31. The van der Waals surface area contributed by atoms with E-state index in [1.54, 1.807) is 11.3 Å². The van der Waals surface area contributed by atoms with Crippen LogP contribution in [-0.2, 0) is 0 Å². The number of hydrogen-bond donors (Lipinski definition) is 1. The minimum absolute atomic E-state index is 0.208. The van der Waals surface area contributed by atoms with Crippen LogP contribution in [0.4, 0.5) is 0 Å². The maximum atomic E-state index is 6.23. The average molecular weight is 238 g/mol. The number of rotatable bonds is 3. The Morgan fingerprint density at radius 3 is 2.50 bits per heavy atom. The van der Waals surface area contributed by atoms with Crippen molar-refractivity contribution in [3.63, 3.8) is 0 Å². The van der Waals surface area contributed by atoms with Crippen LogP contribution in [0.5, 0.6) is 0 Å². The Balaban J connectivity index is 1.82. The Hall–Kier alpha value is -0.380. The van der Waals surface area contributed by atoms with Gasteiger partial charge in [-0.2, -0.15) is 0 Å². The fourth-order valence-corrected chi connectivity index (χ4v) is 3.09. The summed E-state index contributed by atoms with van der Waals surface area (Å²) in [5.41, 5.74) is 6.23. The quantitative estimate of drug-likeness (QED) is 0.877. The van der Waals surface area contributed by atoms with E-state index in [9.17, 15) is 0 Å². The van der Waals surface area contributed by atoms with Crippen molar-refractivity contribution in [2.75, 3.05) is 19.6 Å². The molecular formula is C13H22N2S. The number of hydrogen-bond acceptors (Lipinski definition) is 3. The minimum atomic E-state index is 0.208. The van der Waals surface area contributed by atoms with E-state index in [-0.39, 0.29) is 6.04 Å². The first kappa shape index (κ1) is 12.1. The summed E-state index contributed by atoms with van der Waals surface area (Å²) in [6.45, 7) is 3.50. The number of nitrogens with zero attached hydrogens (tertiary/aromatic N) is 1. The molecule has 0 bridgehead atoms. The molecule has 2 rings (SSSR count). The van der Waals surface area contributed by atoms with E-state index in [1.165, 1.54) is 50.1 Å². The Morgan fingerprint density at radius 2 is 1.88 bits per heavy atom. The lowest BCUT2D eigenvalue weighted by Crippen LogP contribution is -2.34. The van der Waals surface area contributed by atoms with Crippen molar-refractivity contribution in [3.8, 4) is 0 Å². The summed E-state index contributed by atoms with van der Waals surface area (Å²) in [5.74, 6) is 0. The van der Waals surface area contributed by atoms with E-state index < -0.39 is 0 Å². The summed E-state index contributed by atoms with van der Waals surface area (Å²) in [7, 11) is 0. The Labute approximate surface area is 102 Å². The molecule has 0 saturated carbocycles. The molecule has 1 fully saturated rings. The van der Waals surface area contributed by atoms with E-state index in [1.807, 2.05) is 0 Å². The summed E-state index contributed by atoms with van der Waals surface area (Å²) in [6, 6.07) is 4.45. The van der Waals surface area contributed by atoms with Gasteiger partial charge in [-0.25, -0.2) is 0 Å². The molecule has 0 aliphatic carbocycles. The second-order valence-corrected chi connectivity index (χ2v) is 5.67. The predicted molar refractivity (Wildman–Crippen MR) is 70.8 cm³/mol. The molecule has 16 heavy (non-hydrogen) atoms. The third-order valence-corrected chi connectivity index (χ3v) is 4.32. The molecule has 1 saturated heterocycles. The van der Waals surface area contributed by atoms with Gasteiger partial charge >= 0.3 is 0 Å². The van der Waals surface area contributed by atoms with Gasteiger partial charge in [0.05, 0.1) is 6.04 Å². The summed E-state index contributed by atoms with van der Waals surface area (Å²) in [5, 5.41) is 2.11. The van der Waals surface area contributed by atoms with Crippen molar-refractivity contribution in [3.05, 3.63) is 22.4 Å². The highest BCUT2D eigenvalue weighted by molar-refractivity contribution is 7.10. The lowest BCUT2D eigenvalue weighted by Gasteiger charge is -2.26. The smallest absolute Gasteiger partial charge is 0.0519 e. The van der Waals surface area contributed by atoms with Crippen LogP contribution in [0.15, 0.2) is 17.5 Å². The normalized spacial score (nSPS) is 21.3.